The van der Waals surface area contributed by atoms with Crippen molar-refractivity contribution in [3.05, 3.63) is 59.7 Å². The highest BCUT2D eigenvalue weighted by atomic mass is 16.5. The van der Waals surface area contributed by atoms with E-state index in [1.54, 1.807) is 0 Å². The highest BCUT2D eigenvalue weighted by Crippen LogP contribution is 2.52. The van der Waals surface area contributed by atoms with E-state index in [-0.39, 0.29) is 18.5 Å². The number of aromatic nitrogens is 2. The van der Waals surface area contributed by atoms with Gasteiger partial charge in [-0.25, -0.2) is 0 Å². The van der Waals surface area contributed by atoms with E-state index in [1.807, 2.05) is 44.4 Å². The van der Waals surface area contributed by atoms with Gasteiger partial charge in [0, 0.05) is 31.0 Å². The average Bonchev–Trinajstić information content (AvgIpc) is 3.26. The number of carbonyl (C=O) groups excluding carboxylic acids is 1. The largest absolute Gasteiger partial charge is 0.483 e. The molecule has 1 aromatic carbocycles. The monoisotopic (exact) mass is 411 g/mol. The SMILES string of the molecule is CCOC(=O)[C@@]1(Cc2ccccc2)C[C@H]2CC[C@@H]1N2Cc1cnc(C)cn1.O=CO. The Balaban J connectivity index is 0.000000806. The van der Waals surface area contributed by atoms with Gasteiger partial charge in [-0.2, -0.15) is 0 Å². The van der Waals surface area contributed by atoms with Gasteiger partial charge >= 0.3 is 5.97 Å². The smallest absolute Gasteiger partial charge is 0.314 e. The van der Waals surface area contributed by atoms with Crippen molar-refractivity contribution in [2.75, 3.05) is 6.61 Å². The normalized spacial score (nSPS) is 24.7. The molecule has 0 radical (unpaired) electrons. The van der Waals surface area contributed by atoms with Crippen molar-refractivity contribution in [3.8, 4) is 0 Å². The fourth-order valence-electron chi connectivity index (χ4n) is 4.95. The lowest BCUT2D eigenvalue weighted by Crippen LogP contribution is -2.46. The minimum atomic E-state index is -0.460. The minimum absolute atomic E-state index is 0.0407. The third-order valence-electron chi connectivity index (χ3n) is 6.10. The number of ether oxygens (including phenoxy) is 1. The molecule has 4 rings (SSSR count). The van der Waals surface area contributed by atoms with Crippen LogP contribution in [0.1, 0.15) is 43.1 Å². The van der Waals surface area contributed by atoms with Crippen LogP contribution in [-0.2, 0) is 27.3 Å². The van der Waals surface area contributed by atoms with E-state index in [4.69, 9.17) is 14.6 Å². The Hall–Kier alpha value is -2.80. The summed E-state index contributed by atoms with van der Waals surface area (Å²) in [6.07, 6.45) is 7.45. The molecule has 30 heavy (non-hydrogen) atoms. The molecule has 0 spiro atoms. The molecule has 1 N–H and O–H groups in total. The first-order chi connectivity index (χ1) is 14.5. The Morgan fingerprint density at radius 1 is 1.27 bits per heavy atom. The Morgan fingerprint density at radius 3 is 2.63 bits per heavy atom. The van der Waals surface area contributed by atoms with Crippen LogP contribution in [0.15, 0.2) is 42.7 Å². The molecule has 2 saturated heterocycles. The van der Waals surface area contributed by atoms with Crippen LogP contribution >= 0.6 is 0 Å². The molecular formula is C23H29N3O4. The van der Waals surface area contributed by atoms with Crippen molar-refractivity contribution in [1.82, 2.24) is 14.9 Å². The summed E-state index contributed by atoms with van der Waals surface area (Å²) in [4.78, 5) is 32.9. The van der Waals surface area contributed by atoms with Crippen LogP contribution in [0.4, 0.5) is 0 Å². The van der Waals surface area contributed by atoms with Crippen LogP contribution in [0.3, 0.4) is 0 Å². The van der Waals surface area contributed by atoms with E-state index in [2.05, 4.69) is 27.0 Å². The van der Waals surface area contributed by atoms with Crippen LogP contribution in [-0.4, -0.2) is 51.1 Å². The number of carbonyl (C=O) groups is 2. The molecule has 7 nitrogen and oxygen atoms in total. The van der Waals surface area contributed by atoms with Gasteiger partial charge in [-0.05, 0) is 45.1 Å². The Morgan fingerprint density at radius 2 is 2.00 bits per heavy atom. The minimum Gasteiger partial charge on any atom is -0.483 e. The third-order valence-corrected chi connectivity index (χ3v) is 6.10. The number of carboxylic acid groups (broad SMARTS) is 1. The molecule has 3 atom stereocenters. The fraction of sp³-hybridized carbons (Fsp3) is 0.478. The number of hydrogen-bond donors (Lipinski definition) is 1. The molecule has 2 aliphatic heterocycles. The van der Waals surface area contributed by atoms with Gasteiger partial charge in [-0.1, -0.05) is 30.3 Å². The van der Waals surface area contributed by atoms with E-state index in [9.17, 15) is 4.79 Å². The molecular weight excluding hydrogens is 382 g/mol. The second kappa shape index (κ2) is 9.80. The van der Waals surface area contributed by atoms with Crippen molar-refractivity contribution in [3.63, 3.8) is 0 Å². The number of esters is 1. The number of hydrogen-bond acceptors (Lipinski definition) is 6. The Bertz CT molecular complexity index is 843. The van der Waals surface area contributed by atoms with E-state index < -0.39 is 5.41 Å². The molecule has 2 aromatic rings. The van der Waals surface area contributed by atoms with Gasteiger partial charge in [-0.3, -0.25) is 24.5 Å². The maximum absolute atomic E-state index is 13.1. The summed E-state index contributed by atoms with van der Waals surface area (Å²) in [7, 11) is 0. The summed E-state index contributed by atoms with van der Waals surface area (Å²) in [6, 6.07) is 10.9. The van der Waals surface area contributed by atoms with Gasteiger partial charge in [0.2, 0.25) is 0 Å². The molecule has 160 valence electrons. The molecule has 0 unspecified atom stereocenters. The topological polar surface area (TPSA) is 92.6 Å². The first-order valence-corrected chi connectivity index (χ1v) is 10.4. The summed E-state index contributed by atoms with van der Waals surface area (Å²) >= 11 is 0. The molecule has 7 heteroatoms. The quantitative estimate of drug-likeness (QED) is 0.577. The van der Waals surface area contributed by atoms with Crippen LogP contribution in [0.5, 0.6) is 0 Å². The Labute approximate surface area is 177 Å². The molecule has 1 aromatic heterocycles. The van der Waals surface area contributed by atoms with Gasteiger partial charge in [-0.15, -0.1) is 0 Å². The van der Waals surface area contributed by atoms with E-state index >= 15 is 0 Å². The van der Waals surface area contributed by atoms with Crippen LogP contribution in [0, 0.1) is 12.3 Å². The lowest BCUT2D eigenvalue weighted by molar-refractivity contribution is -0.157. The van der Waals surface area contributed by atoms with Crippen LogP contribution < -0.4 is 0 Å². The zero-order chi connectivity index (χ0) is 21.6. The summed E-state index contributed by atoms with van der Waals surface area (Å²) in [5.41, 5.74) is 2.64. The van der Waals surface area contributed by atoms with Gasteiger partial charge < -0.3 is 9.84 Å². The zero-order valence-electron chi connectivity index (χ0n) is 17.5. The summed E-state index contributed by atoms with van der Waals surface area (Å²) in [5.74, 6) is -0.0407. The number of rotatable bonds is 6. The van der Waals surface area contributed by atoms with E-state index in [0.717, 1.165) is 43.6 Å². The van der Waals surface area contributed by atoms with E-state index in [1.165, 1.54) is 5.56 Å². The van der Waals surface area contributed by atoms with Crippen molar-refractivity contribution in [2.45, 2.75) is 58.2 Å². The summed E-state index contributed by atoms with van der Waals surface area (Å²) in [5, 5.41) is 6.89. The molecule has 2 fully saturated rings. The predicted molar refractivity (Wildman–Crippen MR) is 112 cm³/mol. The maximum Gasteiger partial charge on any atom is 0.314 e. The van der Waals surface area contributed by atoms with E-state index in [0.29, 0.717) is 12.6 Å². The summed E-state index contributed by atoms with van der Waals surface area (Å²) < 4.78 is 5.57. The second-order valence-corrected chi connectivity index (χ2v) is 7.92. The first kappa shape index (κ1) is 21.9. The van der Waals surface area contributed by atoms with Gasteiger partial charge in [0.05, 0.1) is 23.4 Å². The lowest BCUT2D eigenvalue weighted by Gasteiger charge is -2.35. The standard InChI is InChI=1S/C22H27N3O2.CH2O2/c1-3-27-21(26)22(11-17-7-5-4-6-8-17)12-19-9-10-20(22)25(19)15-18-14-23-16(2)13-24-18;2-1-3/h4-8,13-14,19-20H,3,9-12,15H2,1-2H3;1H,(H,2,3)/t19-,20+,22+;/m1./s1. The number of fused-ring (bicyclic) bond motifs is 2. The number of nitrogens with zero attached hydrogens (tertiary/aromatic N) is 3. The van der Waals surface area contributed by atoms with Crippen molar-refractivity contribution in [2.24, 2.45) is 5.41 Å². The molecule has 0 aliphatic carbocycles. The molecule has 2 bridgehead atoms. The van der Waals surface area contributed by atoms with Gasteiger partial charge in [0.15, 0.2) is 0 Å². The van der Waals surface area contributed by atoms with Crippen LogP contribution in [0.25, 0.3) is 0 Å². The summed E-state index contributed by atoms with van der Waals surface area (Å²) in [6.45, 7) is 4.76. The molecule has 3 heterocycles. The molecule has 0 saturated carbocycles. The van der Waals surface area contributed by atoms with Gasteiger partial charge in [0.1, 0.15) is 0 Å². The third kappa shape index (κ3) is 4.51. The lowest BCUT2D eigenvalue weighted by atomic mass is 9.70. The van der Waals surface area contributed by atoms with Crippen LogP contribution in [0.2, 0.25) is 0 Å². The van der Waals surface area contributed by atoms with Crippen molar-refractivity contribution < 1.29 is 19.4 Å². The highest BCUT2D eigenvalue weighted by molar-refractivity contribution is 5.79. The second-order valence-electron chi connectivity index (χ2n) is 7.92. The number of aryl methyl sites for hydroxylation is 1. The molecule has 0 amide bonds. The number of benzene rings is 1. The van der Waals surface area contributed by atoms with Crippen molar-refractivity contribution >= 4 is 12.4 Å². The predicted octanol–water partition coefficient (Wildman–Crippen LogP) is 3.01. The average molecular weight is 412 g/mol. The highest BCUT2D eigenvalue weighted by Gasteiger charge is 2.60. The first-order valence-electron chi connectivity index (χ1n) is 10.4. The Kier molecular flexibility index (Phi) is 7.15. The molecule has 2 aliphatic rings. The fourth-order valence-corrected chi connectivity index (χ4v) is 4.95. The van der Waals surface area contributed by atoms with Gasteiger partial charge in [0.25, 0.3) is 6.47 Å². The van der Waals surface area contributed by atoms with Crippen molar-refractivity contribution in [1.29, 1.82) is 0 Å². The maximum atomic E-state index is 13.1. The zero-order valence-corrected chi connectivity index (χ0v) is 17.5.